The molecule has 12 heteroatoms. The normalized spacial score (nSPS) is 13.6. The lowest BCUT2D eigenvalue weighted by molar-refractivity contribution is -0.109. The first-order valence-electron chi connectivity index (χ1n) is 17.9. The molecule has 0 radical (unpaired) electrons. The summed E-state index contributed by atoms with van der Waals surface area (Å²) in [5.41, 5.74) is 12.1. The average Bonchev–Trinajstić information content (AvgIpc) is 3.39. The van der Waals surface area contributed by atoms with Gasteiger partial charge in [0.15, 0.2) is 0 Å². The molecule has 4 aromatic carbocycles. The maximum atomic E-state index is 10.7. The van der Waals surface area contributed by atoms with Gasteiger partial charge in [-0.15, -0.1) is 0 Å². The van der Waals surface area contributed by atoms with Crippen LogP contribution in [0.25, 0.3) is 6.08 Å². The number of methoxy groups -OCH3 is 1. The van der Waals surface area contributed by atoms with Gasteiger partial charge in [-0.05, 0) is 104 Å². The van der Waals surface area contributed by atoms with Crippen molar-refractivity contribution in [2.45, 2.75) is 46.1 Å². The summed E-state index contributed by atoms with van der Waals surface area (Å²) < 4.78 is 5.37. The zero-order chi connectivity index (χ0) is 39.5. The van der Waals surface area contributed by atoms with Crippen molar-refractivity contribution in [3.63, 3.8) is 0 Å². The first-order chi connectivity index (χ1) is 26.1. The number of amidine groups is 1. The molecule has 2 heterocycles. The maximum absolute atomic E-state index is 10.7. The number of halogens is 1. The summed E-state index contributed by atoms with van der Waals surface area (Å²) >= 11 is 6.00. The fourth-order valence-electron chi connectivity index (χ4n) is 5.96. The van der Waals surface area contributed by atoms with Crippen LogP contribution >= 0.6 is 11.6 Å². The lowest BCUT2D eigenvalue weighted by Gasteiger charge is -2.23. The minimum atomic E-state index is -0.683. The number of aliphatic imine (C=N–C) groups is 1. The number of aromatic hydroxyl groups is 1. The predicted molar refractivity (Wildman–Crippen MR) is 220 cm³/mol. The molecule has 6 rings (SSSR count). The number of nitrogens with two attached hydrogens (primary N) is 1. The summed E-state index contributed by atoms with van der Waals surface area (Å²) in [6.45, 7) is 9.96. The number of amides is 2. The van der Waals surface area contributed by atoms with Crippen molar-refractivity contribution in [2.75, 3.05) is 38.2 Å². The summed E-state index contributed by atoms with van der Waals surface area (Å²) in [7, 11) is 1.65. The zero-order valence-electron chi connectivity index (χ0n) is 31.3. The van der Waals surface area contributed by atoms with Crippen molar-refractivity contribution in [3.8, 4) is 11.5 Å². The number of rotatable bonds is 8. The van der Waals surface area contributed by atoms with Crippen LogP contribution in [0.15, 0.2) is 96.2 Å². The Morgan fingerprint density at radius 1 is 1.07 bits per heavy atom. The molecule has 0 atom stereocenters. The molecule has 54 heavy (non-hydrogen) atoms. The highest BCUT2D eigenvalue weighted by atomic mass is 35.5. The molecule has 0 spiro atoms. The molecule has 0 aliphatic carbocycles. The van der Waals surface area contributed by atoms with Gasteiger partial charge in [0.1, 0.15) is 11.5 Å². The van der Waals surface area contributed by atoms with Crippen molar-refractivity contribution in [3.05, 3.63) is 130 Å². The van der Waals surface area contributed by atoms with Crippen LogP contribution in [0.1, 0.15) is 77.7 Å². The molecular weight excluding hydrogens is 704 g/mol. The molecule has 11 nitrogen and oxygen atoms in total. The molecule has 2 aliphatic heterocycles. The largest absolute Gasteiger partial charge is 0.516 e. The van der Waals surface area contributed by atoms with Gasteiger partial charge >= 0.3 is 0 Å². The van der Waals surface area contributed by atoms with Gasteiger partial charge in [-0.3, -0.25) is 20.0 Å². The van der Waals surface area contributed by atoms with E-state index in [0.717, 1.165) is 54.0 Å². The number of anilines is 1. The number of nitrogens with one attached hydrogen (secondary N) is 3. The zero-order valence-corrected chi connectivity index (χ0v) is 32.1. The number of nitrogens with zero attached hydrogens (tertiary/aromatic N) is 2. The number of aliphatic hydroxyl groups is 1. The summed E-state index contributed by atoms with van der Waals surface area (Å²) in [6.07, 6.45) is 5.40. The van der Waals surface area contributed by atoms with Crippen LogP contribution in [0.3, 0.4) is 0 Å². The van der Waals surface area contributed by atoms with E-state index in [1.807, 2.05) is 61.2 Å². The quantitative estimate of drug-likeness (QED) is 0.0469. The van der Waals surface area contributed by atoms with Gasteiger partial charge in [0.05, 0.1) is 42.7 Å². The Morgan fingerprint density at radius 3 is 2.41 bits per heavy atom. The SMILES string of the molecule is CC.COc1ccc2c(c1)C(c1ccc(Cl)cc1)=NCCN2C(C)=N.NC(=O)c1ccc(/C=C/O)cc1O.O=CNCc1cccc(C2CCNCC2)c1. The van der Waals surface area contributed by atoms with Crippen LogP contribution in [0, 0.1) is 5.41 Å². The molecule has 4 aromatic rings. The third kappa shape index (κ3) is 12.5. The second-order valence-electron chi connectivity index (χ2n) is 12.1. The number of benzene rings is 4. The molecule has 0 aromatic heterocycles. The Balaban J connectivity index is 0.000000223. The molecule has 0 unspecified atom stereocenters. The molecule has 7 N–H and O–H groups in total. The molecule has 286 valence electrons. The van der Waals surface area contributed by atoms with Gasteiger partial charge in [0.25, 0.3) is 5.91 Å². The Morgan fingerprint density at radius 2 is 1.80 bits per heavy atom. The number of piperidine rings is 1. The number of ether oxygens (including phenoxy) is 1. The molecule has 1 saturated heterocycles. The summed E-state index contributed by atoms with van der Waals surface area (Å²) in [6, 6.07) is 26.4. The van der Waals surface area contributed by atoms with E-state index < -0.39 is 5.91 Å². The number of carbonyl (C=O) groups excluding carboxylic acids is 2. The lowest BCUT2D eigenvalue weighted by atomic mass is 9.89. The predicted octanol–water partition coefficient (Wildman–Crippen LogP) is 7.45. The van der Waals surface area contributed by atoms with E-state index in [4.69, 9.17) is 37.6 Å². The maximum Gasteiger partial charge on any atom is 0.252 e. The molecule has 2 amide bonds. The highest BCUT2D eigenvalue weighted by Gasteiger charge is 2.22. The molecule has 0 saturated carbocycles. The number of hydrogen-bond donors (Lipinski definition) is 6. The Hall–Kier alpha value is -5.65. The van der Waals surface area contributed by atoms with E-state index >= 15 is 0 Å². The third-order valence-corrected chi connectivity index (χ3v) is 8.82. The summed E-state index contributed by atoms with van der Waals surface area (Å²) in [4.78, 5) is 27.7. The Kier molecular flexibility index (Phi) is 17.8. The number of aliphatic hydroxyl groups excluding tert-OH is 1. The number of hydrogen-bond acceptors (Lipinski definition) is 8. The van der Waals surface area contributed by atoms with E-state index in [1.165, 1.54) is 42.2 Å². The van der Waals surface area contributed by atoms with Gasteiger partial charge < -0.3 is 36.2 Å². The van der Waals surface area contributed by atoms with Crippen molar-refractivity contribution >= 4 is 47.2 Å². The number of primary amides is 1. The van der Waals surface area contributed by atoms with E-state index in [1.54, 1.807) is 20.1 Å². The van der Waals surface area contributed by atoms with Crippen molar-refractivity contribution in [2.24, 2.45) is 10.7 Å². The van der Waals surface area contributed by atoms with Gasteiger partial charge in [-0.2, -0.15) is 0 Å². The lowest BCUT2D eigenvalue weighted by Crippen LogP contribution is -2.30. The standard InChI is InChI=1S/C18H18ClN3O.C13H18N2O.C9H9NO3.C2H6/c1-12(20)22-10-9-21-18(13-3-5-14(19)6-4-13)16-11-15(23-2)7-8-17(16)22;16-10-15-9-11-2-1-3-13(8-11)12-4-6-14-7-5-12;10-9(13)7-2-1-6(3-4-11)5-8(7)12;1-2/h3-8,11,20H,9-10H2,1-2H3;1-3,8,10,12,14H,4-7,9H2,(H,15,16);1-5,11-12H,(H2,10,13);1-2H3/b;;4-3+;. The van der Waals surface area contributed by atoms with Crippen LogP contribution in [-0.4, -0.2) is 67.4 Å². The van der Waals surface area contributed by atoms with Crippen LogP contribution in [-0.2, 0) is 11.3 Å². The number of benzodiazepines with no additional fused rings is 1. The highest BCUT2D eigenvalue weighted by molar-refractivity contribution is 6.30. The van der Waals surface area contributed by atoms with Gasteiger partial charge in [-0.1, -0.05) is 67.9 Å². The first kappa shape index (κ1) is 42.8. The van der Waals surface area contributed by atoms with Crippen molar-refractivity contribution in [1.29, 1.82) is 5.41 Å². The second-order valence-corrected chi connectivity index (χ2v) is 12.5. The number of carbonyl (C=O) groups is 2. The Bertz CT molecular complexity index is 1890. The van der Waals surface area contributed by atoms with Gasteiger partial charge in [-0.25, -0.2) is 0 Å². The fraction of sp³-hybridized carbons (Fsp3) is 0.286. The minimum Gasteiger partial charge on any atom is -0.516 e. The number of phenols is 1. The Labute approximate surface area is 323 Å². The molecule has 0 bridgehead atoms. The monoisotopic (exact) mass is 754 g/mol. The van der Waals surface area contributed by atoms with Crippen LogP contribution in [0.5, 0.6) is 11.5 Å². The van der Waals surface area contributed by atoms with Gasteiger partial charge in [0.2, 0.25) is 6.41 Å². The summed E-state index contributed by atoms with van der Waals surface area (Å²) in [5, 5.41) is 32.5. The van der Waals surface area contributed by atoms with Crippen molar-refractivity contribution in [1.82, 2.24) is 10.6 Å². The van der Waals surface area contributed by atoms with E-state index in [-0.39, 0.29) is 11.3 Å². The van der Waals surface area contributed by atoms with E-state index in [2.05, 4.69) is 34.9 Å². The van der Waals surface area contributed by atoms with Crippen molar-refractivity contribution < 1.29 is 24.5 Å². The first-order valence-corrected chi connectivity index (χ1v) is 18.2. The third-order valence-electron chi connectivity index (χ3n) is 8.57. The highest BCUT2D eigenvalue weighted by Crippen LogP contribution is 2.31. The van der Waals surface area contributed by atoms with Crippen LogP contribution < -0.4 is 26.0 Å². The second kappa shape index (κ2) is 22.4. The smallest absolute Gasteiger partial charge is 0.252 e. The van der Waals surface area contributed by atoms with E-state index in [0.29, 0.717) is 42.0 Å². The van der Waals surface area contributed by atoms with Gasteiger partial charge in [0, 0.05) is 29.2 Å². The molecule has 1 fully saturated rings. The van der Waals surface area contributed by atoms with E-state index in [9.17, 15) is 14.7 Å². The molecule has 2 aliphatic rings. The minimum absolute atomic E-state index is 0.0649. The average molecular weight is 755 g/mol. The topological polar surface area (TPSA) is 173 Å². The van der Waals surface area contributed by atoms with Crippen LogP contribution in [0.2, 0.25) is 5.02 Å². The number of fused-ring (bicyclic) bond motifs is 1. The molecular formula is C42H51ClN6O5. The van der Waals surface area contributed by atoms with Crippen LogP contribution in [0.4, 0.5) is 5.69 Å². The fourth-order valence-corrected chi connectivity index (χ4v) is 6.08. The summed E-state index contributed by atoms with van der Waals surface area (Å²) in [5.74, 6) is 1.08.